The summed E-state index contributed by atoms with van der Waals surface area (Å²) in [6.07, 6.45) is 88.1. The molecule has 0 aliphatic carbocycles. The summed E-state index contributed by atoms with van der Waals surface area (Å²) in [5.41, 5.74) is 0. The Morgan fingerprint density at radius 3 is 0.950 bits per heavy atom. The van der Waals surface area contributed by atoms with Crippen molar-refractivity contribution in [2.24, 2.45) is 0 Å². The van der Waals surface area contributed by atoms with E-state index in [1.165, 1.54) is 334 Å². The fraction of sp³-hybridized carbons (Fsp3) is 0.919. The lowest BCUT2D eigenvalue weighted by Gasteiger charge is -2.22. The highest BCUT2D eigenvalue weighted by atomic mass is 16.5. The van der Waals surface area contributed by atoms with Crippen LogP contribution in [0.25, 0.3) is 0 Å². The van der Waals surface area contributed by atoms with Crippen molar-refractivity contribution >= 4 is 11.9 Å². The Morgan fingerprint density at radius 2 is 0.625 bits per heavy atom. The predicted octanol–water partition coefficient (Wildman–Crippen LogP) is 23.7. The molecule has 0 spiro atoms. The Morgan fingerprint density at radius 1 is 0.350 bits per heavy atom. The number of aliphatic hydroxyl groups excluding tert-OH is 2. The van der Waals surface area contributed by atoms with Gasteiger partial charge >= 0.3 is 5.97 Å². The molecule has 0 bridgehead atoms. The number of hydrogen-bond donors (Lipinski definition) is 3. The summed E-state index contributed by atoms with van der Waals surface area (Å²) in [6.45, 7) is 4.99. The van der Waals surface area contributed by atoms with Crippen molar-refractivity contribution in [2.45, 2.75) is 424 Å². The number of unbranched alkanes of at least 4 members (excludes halogenated alkanes) is 54. The number of hydrogen-bond acceptors (Lipinski definition) is 5. The van der Waals surface area contributed by atoms with E-state index in [1.807, 2.05) is 0 Å². The number of carbonyl (C=O) groups is 2. The molecule has 0 rings (SSSR count). The summed E-state index contributed by atoms with van der Waals surface area (Å²) in [7, 11) is 0. The number of aliphatic hydroxyl groups is 2. The van der Waals surface area contributed by atoms with E-state index in [-0.39, 0.29) is 18.5 Å². The summed E-state index contributed by atoms with van der Waals surface area (Å²) < 4.78 is 5.48. The van der Waals surface area contributed by atoms with Crippen molar-refractivity contribution in [1.82, 2.24) is 5.32 Å². The van der Waals surface area contributed by atoms with Crippen LogP contribution in [-0.2, 0) is 14.3 Å². The minimum absolute atomic E-state index is 0.0156. The number of amides is 1. The Balaban J connectivity index is 3.37. The molecule has 3 N–H and O–H groups in total. The van der Waals surface area contributed by atoms with Gasteiger partial charge in [0.1, 0.15) is 0 Å². The topological polar surface area (TPSA) is 95.9 Å². The summed E-state index contributed by atoms with van der Waals surface area (Å²) in [5, 5.41) is 23.4. The van der Waals surface area contributed by atoms with Crippen LogP contribution in [0.3, 0.4) is 0 Å². The molecule has 6 heteroatoms. The van der Waals surface area contributed by atoms with Gasteiger partial charge in [0.15, 0.2) is 0 Å². The molecular weight excluding hydrogens is 983 g/mol. The van der Waals surface area contributed by atoms with Gasteiger partial charge in [0.05, 0.1) is 25.4 Å². The zero-order valence-electron chi connectivity index (χ0n) is 54.3. The molecule has 0 saturated carbocycles. The van der Waals surface area contributed by atoms with Crippen LogP contribution in [0.1, 0.15) is 412 Å². The van der Waals surface area contributed by atoms with Crippen LogP contribution in [-0.4, -0.2) is 47.4 Å². The summed E-state index contributed by atoms with van der Waals surface area (Å²) in [5.74, 6) is -0.0134. The first-order chi connectivity index (χ1) is 39.5. The number of rotatable bonds is 69. The first kappa shape index (κ1) is 78.3. The van der Waals surface area contributed by atoms with Crippen molar-refractivity contribution in [3.8, 4) is 0 Å². The molecular formula is C74H143NO5. The third kappa shape index (κ3) is 65.5. The second kappa shape index (κ2) is 69.8. The Labute approximate surface area is 501 Å². The van der Waals surface area contributed by atoms with Crippen LogP contribution < -0.4 is 5.32 Å². The highest BCUT2D eigenvalue weighted by Crippen LogP contribution is 2.19. The molecule has 2 atom stereocenters. The van der Waals surface area contributed by atoms with E-state index in [9.17, 15) is 19.8 Å². The minimum atomic E-state index is -0.663. The van der Waals surface area contributed by atoms with Gasteiger partial charge in [-0.05, 0) is 57.8 Å². The molecule has 2 unspecified atom stereocenters. The van der Waals surface area contributed by atoms with Crippen molar-refractivity contribution in [3.63, 3.8) is 0 Å². The molecule has 0 aliphatic heterocycles. The zero-order chi connectivity index (χ0) is 57.8. The molecule has 0 aliphatic rings. The maximum atomic E-state index is 12.5. The van der Waals surface area contributed by atoms with E-state index in [4.69, 9.17) is 4.74 Å². The lowest BCUT2D eigenvalue weighted by Crippen LogP contribution is -2.45. The second-order valence-electron chi connectivity index (χ2n) is 25.3. The van der Waals surface area contributed by atoms with Gasteiger partial charge in [0, 0.05) is 12.8 Å². The van der Waals surface area contributed by atoms with Gasteiger partial charge in [-0.3, -0.25) is 9.59 Å². The number of esters is 1. The molecule has 0 fully saturated rings. The quantitative estimate of drug-likeness (QED) is 0.0320. The van der Waals surface area contributed by atoms with Crippen LogP contribution in [0.5, 0.6) is 0 Å². The Bertz CT molecular complexity index is 1250. The average Bonchev–Trinajstić information content (AvgIpc) is 3.46. The minimum Gasteiger partial charge on any atom is -0.466 e. The monoisotopic (exact) mass is 1130 g/mol. The van der Waals surface area contributed by atoms with Crippen molar-refractivity contribution in [3.05, 3.63) is 24.3 Å². The smallest absolute Gasteiger partial charge is 0.305 e. The molecule has 0 aromatic heterocycles. The van der Waals surface area contributed by atoms with Crippen LogP contribution in [0.15, 0.2) is 24.3 Å². The van der Waals surface area contributed by atoms with E-state index in [0.717, 1.165) is 44.9 Å². The molecule has 6 nitrogen and oxygen atoms in total. The lowest BCUT2D eigenvalue weighted by atomic mass is 10.0. The standard InChI is InChI=1S/C74H143NO5/c1-3-5-7-9-11-13-15-17-18-19-37-40-43-46-50-54-58-62-66-72(77)71(70-76)75-73(78)67-63-59-55-51-47-44-41-38-35-33-31-29-27-25-23-21-20-22-24-26-28-30-32-34-36-39-42-45-49-53-57-61-65-69-80-74(79)68-64-60-56-52-48-16-14-12-10-8-6-4-2/h24,26,30,32,71-72,76-77H,3-23,25,27-29,31,33-70H2,1-2H3,(H,75,78)/b26-24-,32-30-. The molecule has 0 saturated heterocycles. The number of carbonyl (C=O) groups excluding carboxylic acids is 2. The van der Waals surface area contributed by atoms with Crippen LogP contribution >= 0.6 is 0 Å². The fourth-order valence-electron chi connectivity index (χ4n) is 11.7. The third-order valence-corrected chi connectivity index (χ3v) is 17.3. The maximum absolute atomic E-state index is 12.5. The number of nitrogens with one attached hydrogen (secondary N) is 1. The maximum Gasteiger partial charge on any atom is 0.305 e. The van der Waals surface area contributed by atoms with Gasteiger partial charge in [-0.15, -0.1) is 0 Å². The van der Waals surface area contributed by atoms with Gasteiger partial charge in [-0.25, -0.2) is 0 Å². The summed E-state index contributed by atoms with van der Waals surface area (Å²) >= 11 is 0. The van der Waals surface area contributed by atoms with E-state index in [2.05, 4.69) is 43.5 Å². The number of allylic oxidation sites excluding steroid dienone is 4. The van der Waals surface area contributed by atoms with Crippen LogP contribution in [0, 0.1) is 0 Å². The molecule has 0 aromatic rings. The molecule has 80 heavy (non-hydrogen) atoms. The molecule has 1 amide bonds. The highest BCUT2D eigenvalue weighted by Gasteiger charge is 2.20. The van der Waals surface area contributed by atoms with Gasteiger partial charge in [-0.2, -0.15) is 0 Å². The first-order valence-electron chi connectivity index (χ1n) is 36.6. The van der Waals surface area contributed by atoms with Crippen LogP contribution in [0.4, 0.5) is 0 Å². The summed E-state index contributed by atoms with van der Waals surface area (Å²) in [4.78, 5) is 24.6. The van der Waals surface area contributed by atoms with E-state index >= 15 is 0 Å². The first-order valence-corrected chi connectivity index (χ1v) is 36.6. The predicted molar refractivity (Wildman–Crippen MR) is 352 cm³/mol. The largest absolute Gasteiger partial charge is 0.466 e. The van der Waals surface area contributed by atoms with Crippen molar-refractivity contribution in [1.29, 1.82) is 0 Å². The highest BCUT2D eigenvalue weighted by molar-refractivity contribution is 5.76. The average molecular weight is 1130 g/mol. The van der Waals surface area contributed by atoms with E-state index < -0.39 is 12.1 Å². The van der Waals surface area contributed by atoms with Gasteiger partial charge in [-0.1, -0.05) is 366 Å². The van der Waals surface area contributed by atoms with Crippen molar-refractivity contribution in [2.75, 3.05) is 13.2 Å². The van der Waals surface area contributed by atoms with Gasteiger partial charge in [0.2, 0.25) is 5.91 Å². The van der Waals surface area contributed by atoms with Crippen LogP contribution in [0.2, 0.25) is 0 Å². The number of ether oxygens (including phenoxy) is 1. The Hall–Kier alpha value is -1.66. The summed E-state index contributed by atoms with van der Waals surface area (Å²) in [6, 6.07) is -0.540. The molecule has 474 valence electrons. The molecule has 0 aromatic carbocycles. The van der Waals surface area contributed by atoms with Crippen molar-refractivity contribution < 1.29 is 24.5 Å². The lowest BCUT2D eigenvalue weighted by molar-refractivity contribution is -0.143. The molecule has 0 radical (unpaired) electrons. The molecule has 0 heterocycles. The van der Waals surface area contributed by atoms with Gasteiger partial charge in [0.25, 0.3) is 0 Å². The zero-order valence-corrected chi connectivity index (χ0v) is 54.3. The van der Waals surface area contributed by atoms with E-state index in [1.54, 1.807) is 0 Å². The third-order valence-electron chi connectivity index (χ3n) is 17.3. The SMILES string of the molecule is CCCCCCCCCCCCCCCCCCCCC(O)C(CO)NC(=O)CCCCCCCCCCCCCCCCCCC/C=C\C/C=C\CCCCCCCCCCCOC(=O)CCCCCCCCCCCCCC. The van der Waals surface area contributed by atoms with Gasteiger partial charge < -0.3 is 20.3 Å². The van der Waals surface area contributed by atoms with E-state index in [0.29, 0.717) is 25.9 Å². The normalized spacial score (nSPS) is 12.6. The second-order valence-corrected chi connectivity index (χ2v) is 25.3. The fourth-order valence-corrected chi connectivity index (χ4v) is 11.7. The Kier molecular flexibility index (Phi) is 68.4.